The van der Waals surface area contributed by atoms with Gasteiger partial charge in [-0.1, -0.05) is 15.9 Å². The Bertz CT molecular complexity index is 467. The van der Waals surface area contributed by atoms with Crippen molar-refractivity contribution in [1.29, 1.82) is 0 Å². The molecule has 0 spiro atoms. The van der Waals surface area contributed by atoms with Crippen LogP contribution in [-0.4, -0.2) is 42.7 Å². The molecule has 1 aliphatic heterocycles. The molecule has 0 amide bonds. The van der Waals surface area contributed by atoms with Gasteiger partial charge in [-0.3, -0.25) is 4.79 Å². The molecule has 1 saturated heterocycles. The van der Waals surface area contributed by atoms with E-state index in [1.54, 1.807) is 0 Å². The van der Waals surface area contributed by atoms with Crippen LogP contribution >= 0.6 is 27.5 Å². The Kier molecular flexibility index (Phi) is 5.25. The fourth-order valence-electron chi connectivity index (χ4n) is 2.44. The second-order valence-corrected chi connectivity index (χ2v) is 6.09. The molecule has 3 nitrogen and oxygen atoms in total. The third kappa shape index (κ3) is 3.71. The quantitative estimate of drug-likeness (QED) is 0.656. The Morgan fingerprint density at radius 3 is 3.00 bits per heavy atom. The number of nitrogens with one attached hydrogen (secondary N) is 1. The minimum absolute atomic E-state index is 0.00840. The summed E-state index contributed by atoms with van der Waals surface area (Å²) in [6, 6.07) is 6.23. The highest BCUT2D eigenvalue weighted by atomic mass is 79.9. The van der Waals surface area contributed by atoms with Gasteiger partial charge in [-0.05, 0) is 44.6 Å². The standard InChI is InChI=1S/C14H18BrClN2O/c1-18-6-2-3-11(18)9-17-13-5-4-10(15)7-12(13)14(19)8-16/h4-5,7,11,17H,2-3,6,8-9H2,1H3. The lowest BCUT2D eigenvalue weighted by Gasteiger charge is -2.21. The van der Waals surface area contributed by atoms with Crippen LogP contribution in [0.25, 0.3) is 0 Å². The maximum atomic E-state index is 11.8. The van der Waals surface area contributed by atoms with Crippen molar-refractivity contribution in [3.63, 3.8) is 0 Å². The molecule has 0 radical (unpaired) electrons. The normalized spacial score (nSPS) is 19.6. The molecule has 0 aliphatic carbocycles. The molecule has 1 heterocycles. The van der Waals surface area contributed by atoms with Crippen LogP contribution in [0.4, 0.5) is 5.69 Å². The van der Waals surface area contributed by atoms with E-state index < -0.39 is 0 Å². The average molecular weight is 346 g/mol. The van der Waals surface area contributed by atoms with Crippen LogP contribution in [0.5, 0.6) is 0 Å². The van der Waals surface area contributed by atoms with Crippen molar-refractivity contribution in [3.05, 3.63) is 28.2 Å². The van der Waals surface area contributed by atoms with Gasteiger partial charge in [0, 0.05) is 28.3 Å². The van der Waals surface area contributed by atoms with Gasteiger partial charge in [0.1, 0.15) is 0 Å². The van der Waals surface area contributed by atoms with Gasteiger partial charge in [0.15, 0.2) is 5.78 Å². The summed E-state index contributed by atoms with van der Waals surface area (Å²) >= 11 is 9.05. The molecule has 2 rings (SSSR count). The lowest BCUT2D eigenvalue weighted by molar-refractivity contribution is 0.102. The molecule has 1 aromatic carbocycles. The molecular formula is C14H18BrClN2O. The second kappa shape index (κ2) is 6.73. The topological polar surface area (TPSA) is 32.3 Å². The summed E-state index contributed by atoms with van der Waals surface area (Å²) < 4.78 is 0.893. The zero-order valence-electron chi connectivity index (χ0n) is 11.0. The number of hydrogen-bond acceptors (Lipinski definition) is 3. The maximum absolute atomic E-state index is 11.8. The molecule has 5 heteroatoms. The van der Waals surface area contributed by atoms with Crippen LogP contribution in [-0.2, 0) is 0 Å². The van der Waals surface area contributed by atoms with Gasteiger partial charge in [-0.25, -0.2) is 0 Å². The van der Waals surface area contributed by atoms with Gasteiger partial charge in [0.2, 0.25) is 0 Å². The van der Waals surface area contributed by atoms with Crippen LogP contribution in [0.15, 0.2) is 22.7 Å². The number of halogens is 2. The van der Waals surface area contributed by atoms with Gasteiger partial charge in [-0.15, -0.1) is 11.6 Å². The summed E-state index contributed by atoms with van der Waals surface area (Å²) in [7, 11) is 2.14. The Morgan fingerprint density at radius 2 is 2.37 bits per heavy atom. The van der Waals surface area contributed by atoms with Crippen molar-refractivity contribution in [3.8, 4) is 0 Å². The number of nitrogens with zero attached hydrogens (tertiary/aromatic N) is 1. The largest absolute Gasteiger partial charge is 0.383 e. The number of carbonyl (C=O) groups is 1. The molecule has 1 fully saturated rings. The van der Waals surface area contributed by atoms with Crippen LogP contribution in [0.2, 0.25) is 0 Å². The zero-order valence-corrected chi connectivity index (χ0v) is 13.3. The molecular weight excluding hydrogens is 328 g/mol. The molecule has 1 N–H and O–H groups in total. The number of Topliss-reactive ketones (excluding diaryl/α,β-unsaturated/α-hetero) is 1. The van der Waals surface area contributed by atoms with Crippen molar-refractivity contribution in [2.45, 2.75) is 18.9 Å². The number of likely N-dealkylation sites (N-methyl/N-ethyl adjacent to an activating group) is 1. The highest BCUT2D eigenvalue weighted by molar-refractivity contribution is 9.10. The zero-order chi connectivity index (χ0) is 13.8. The molecule has 1 aromatic rings. The molecule has 1 aliphatic rings. The average Bonchev–Trinajstić information content (AvgIpc) is 2.82. The summed E-state index contributed by atoms with van der Waals surface area (Å²) in [5.41, 5.74) is 1.53. The lowest BCUT2D eigenvalue weighted by atomic mass is 10.1. The summed E-state index contributed by atoms with van der Waals surface area (Å²) in [5.74, 6) is -0.0423. The monoisotopic (exact) mass is 344 g/mol. The number of hydrogen-bond donors (Lipinski definition) is 1. The van der Waals surface area contributed by atoms with Crippen LogP contribution in [0.1, 0.15) is 23.2 Å². The summed E-state index contributed by atoms with van der Waals surface area (Å²) in [6.45, 7) is 2.01. The van der Waals surface area contributed by atoms with E-state index in [1.807, 2.05) is 18.2 Å². The van der Waals surface area contributed by atoms with Crippen molar-refractivity contribution < 1.29 is 4.79 Å². The number of rotatable bonds is 5. The van der Waals surface area contributed by atoms with E-state index in [1.165, 1.54) is 12.8 Å². The van der Waals surface area contributed by atoms with E-state index in [0.717, 1.165) is 23.2 Å². The third-order valence-corrected chi connectivity index (χ3v) is 4.34. The van der Waals surface area contributed by atoms with Gasteiger partial charge in [-0.2, -0.15) is 0 Å². The number of alkyl halides is 1. The highest BCUT2D eigenvalue weighted by Gasteiger charge is 2.21. The second-order valence-electron chi connectivity index (χ2n) is 4.90. The summed E-state index contributed by atoms with van der Waals surface area (Å²) in [5, 5.41) is 3.39. The number of ketones is 1. The maximum Gasteiger partial charge on any atom is 0.179 e. The third-order valence-electron chi connectivity index (χ3n) is 3.60. The number of anilines is 1. The number of carbonyl (C=O) groups excluding carboxylic acids is 1. The van der Waals surface area contributed by atoms with Gasteiger partial charge in [0.05, 0.1) is 5.88 Å². The van der Waals surface area contributed by atoms with Gasteiger partial charge in [0.25, 0.3) is 0 Å². The van der Waals surface area contributed by atoms with E-state index in [2.05, 4.69) is 33.2 Å². The minimum atomic E-state index is -0.0507. The first kappa shape index (κ1) is 14.8. The molecule has 104 valence electrons. The molecule has 0 bridgehead atoms. The first-order valence-corrected chi connectivity index (χ1v) is 7.77. The lowest BCUT2D eigenvalue weighted by Crippen LogP contribution is -2.31. The Morgan fingerprint density at radius 1 is 1.58 bits per heavy atom. The Labute approximate surface area is 127 Å². The predicted molar refractivity (Wildman–Crippen MR) is 83.3 cm³/mol. The number of likely N-dealkylation sites (tertiary alicyclic amines) is 1. The van der Waals surface area contributed by atoms with Gasteiger partial charge >= 0.3 is 0 Å². The molecule has 0 saturated carbocycles. The van der Waals surface area contributed by atoms with Crippen LogP contribution in [0.3, 0.4) is 0 Å². The van der Waals surface area contributed by atoms with Crippen LogP contribution in [0, 0.1) is 0 Å². The van der Waals surface area contributed by atoms with Crippen molar-refractivity contribution >= 4 is 39.0 Å². The molecule has 1 unspecified atom stereocenters. The SMILES string of the molecule is CN1CCCC1CNc1ccc(Br)cc1C(=O)CCl. The van der Waals surface area contributed by atoms with E-state index in [-0.39, 0.29) is 11.7 Å². The van der Waals surface area contributed by atoms with E-state index >= 15 is 0 Å². The van der Waals surface area contributed by atoms with E-state index in [4.69, 9.17) is 11.6 Å². The van der Waals surface area contributed by atoms with Crippen molar-refractivity contribution in [2.75, 3.05) is 31.3 Å². The van der Waals surface area contributed by atoms with Crippen molar-refractivity contribution in [2.24, 2.45) is 0 Å². The first-order chi connectivity index (χ1) is 9.11. The Hall–Kier alpha value is -0.580. The minimum Gasteiger partial charge on any atom is -0.383 e. The molecule has 1 atom stereocenters. The Balaban J connectivity index is 2.08. The van der Waals surface area contributed by atoms with Crippen LogP contribution < -0.4 is 5.32 Å². The summed E-state index contributed by atoms with van der Waals surface area (Å²) in [6.07, 6.45) is 2.45. The fraction of sp³-hybridized carbons (Fsp3) is 0.500. The first-order valence-electron chi connectivity index (χ1n) is 6.44. The molecule has 19 heavy (non-hydrogen) atoms. The van der Waals surface area contributed by atoms with E-state index in [0.29, 0.717) is 11.6 Å². The fourth-order valence-corrected chi connectivity index (χ4v) is 2.94. The van der Waals surface area contributed by atoms with E-state index in [9.17, 15) is 4.79 Å². The smallest absolute Gasteiger partial charge is 0.179 e. The molecule has 0 aromatic heterocycles. The predicted octanol–water partition coefficient (Wildman–Crippen LogP) is 3.38. The summed E-state index contributed by atoms with van der Waals surface area (Å²) in [4.78, 5) is 14.2. The van der Waals surface area contributed by atoms with Gasteiger partial charge < -0.3 is 10.2 Å². The highest BCUT2D eigenvalue weighted by Crippen LogP contribution is 2.23. The number of benzene rings is 1. The van der Waals surface area contributed by atoms with Crippen molar-refractivity contribution in [1.82, 2.24) is 4.90 Å².